The van der Waals surface area contributed by atoms with Crippen molar-refractivity contribution in [3.05, 3.63) is 24.4 Å². The topological polar surface area (TPSA) is 63.3 Å². The molecule has 0 fully saturated rings. The lowest BCUT2D eigenvalue weighted by Gasteiger charge is -1.86. The SMILES string of the molecule is C=C/C(=C\N)C(=O)O. The molecule has 0 unspecified atom stereocenters. The van der Waals surface area contributed by atoms with E-state index >= 15 is 0 Å². The average Bonchev–Trinajstić information content (AvgIpc) is 1.69. The van der Waals surface area contributed by atoms with Crippen molar-refractivity contribution in [2.24, 2.45) is 5.73 Å². The highest BCUT2D eigenvalue weighted by Gasteiger charge is 1.97. The number of rotatable bonds is 2. The van der Waals surface area contributed by atoms with E-state index in [1.165, 1.54) is 6.08 Å². The lowest BCUT2D eigenvalue weighted by molar-refractivity contribution is -0.132. The largest absolute Gasteiger partial charge is 0.478 e. The predicted molar refractivity (Wildman–Crippen MR) is 30.1 cm³/mol. The molecule has 8 heavy (non-hydrogen) atoms. The van der Waals surface area contributed by atoms with Gasteiger partial charge in [0.1, 0.15) is 0 Å². The van der Waals surface area contributed by atoms with Crippen LogP contribution in [0.5, 0.6) is 0 Å². The van der Waals surface area contributed by atoms with E-state index in [1.807, 2.05) is 0 Å². The van der Waals surface area contributed by atoms with Crippen molar-refractivity contribution in [1.29, 1.82) is 0 Å². The zero-order chi connectivity index (χ0) is 6.57. The summed E-state index contributed by atoms with van der Waals surface area (Å²) in [5.74, 6) is -1.05. The molecule has 0 saturated heterocycles. The molecule has 0 aromatic carbocycles. The zero-order valence-corrected chi connectivity index (χ0v) is 4.29. The summed E-state index contributed by atoms with van der Waals surface area (Å²) in [7, 11) is 0. The number of aliphatic carboxylic acids is 1. The van der Waals surface area contributed by atoms with Gasteiger partial charge in [-0.25, -0.2) is 4.79 Å². The number of carboxylic acid groups (broad SMARTS) is 1. The minimum atomic E-state index is -1.05. The molecule has 0 aliphatic carbocycles. The second-order valence-corrected chi connectivity index (χ2v) is 1.13. The van der Waals surface area contributed by atoms with Crippen LogP contribution in [0.1, 0.15) is 0 Å². The highest BCUT2D eigenvalue weighted by atomic mass is 16.4. The summed E-state index contributed by atoms with van der Waals surface area (Å²) in [5, 5.41) is 8.15. The van der Waals surface area contributed by atoms with Crippen LogP contribution in [0.3, 0.4) is 0 Å². The van der Waals surface area contributed by atoms with Crippen LogP contribution in [0, 0.1) is 0 Å². The van der Waals surface area contributed by atoms with Crippen LogP contribution in [-0.2, 0) is 4.79 Å². The molecule has 0 bridgehead atoms. The quantitative estimate of drug-likeness (QED) is 0.394. The van der Waals surface area contributed by atoms with E-state index in [4.69, 9.17) is 10.8 Å². The van der Waals surface area contributed by atoms with Crippen LogP contribution < -0.4 is 5.73 Å². The molecule has 0 spiro atoms. The summed E-state index contributed by atoms with van der Waals surface area (Å²) in [4.78, 5) is 9.94. The maximum atomic E-state index is 9.94. The predicted octanol–water partition coefficient (Wildman–Crippen LogP) is 0.0996. The Kier molecular flexibility index (Phi) is 2.40. The molecule has 3 nitrogen and oxygen atoms in total. The van der Waals surface area contributed by atoms with E-state index in [1.54, 1.807) is 0 Å². The van der Waals surface area contributed by atoms with Gasteiger partial charge in [0.25, 0.3) is 0 Å². The monoisotopic (exact) mass is 113 g/mol. The highest BCUT2D eigenvalue weighted by molar-refractivity contribution is 5.89. The van der Waals surface area contributed by atoms with Gasteiger partial charge in [-0.2, -0.15) is 0 Å². The van der Waals surface area contributed by atoms with E-state index in [0.29, 0.717) is 0 Å². The van der Waals surface area contributed by atoms with Gasteiger partial charge in [0.2, 0.25) is 0 Å². The molecule has 0 amide bonds. The van der Waals surface area contributed by atoms with Gasteiger partial charge in [0.05, 0.1) is 5.57 Å². The molecule has 0 atom stereocenters. The minimum absolute atomic E-state index is 0.0185. The molecule has 0 aromatic heterocycles. The van der Waals surface area contributed by atoms with E-state index in [2.05, 4.69) is 6.58 Å². The summed E-state index contributed by atoms with van der Waals surface area (Å²) in [6.45, 7) is 3.22. The summed E-state index contributed by atoms with van der Waals surface area (Å²) in [6.07, 6.45) is 2.18. The van der Waals surface area contributed by atoms with Gasteiger partial charge in [0.15, 0.2) is 0 Å². The Balaban J connectivity index is 4.13. The fourth-order valence-corrected chi connectivity index (χ4v) is 0.227. The highest BCUT2D eigenvalue weighted by Crippen LogP contribution is 1.89. The molecular weight excluding hydrogens is 106 g/mol. The summed E-state index contributed by atoms with van der Waals surface area (Å²) in [6, 6.07) is 0. The van der Waals surface area contributed by atoms with Gasteiger partial charge in [-0.15, -0.1) is 0 Å². The number of hydrogen-bond acceptors (Lipinski definition) is 2. The summed E-state index contributed by atoms with van der Waals surface area (Å²) in [5.41, 5.74) is 4.89. The van der Waals surface area contributed by atoms with Crippen molar-refractivity contribution in [2.45, 2.75) is 0 Å². The van der Waals surface area contributed by atoms with Crippen LogP contribution in [0.2, 0.25) is 0 Å². The van der Waals surface area contributed by atoms with Gasteiger partial charge in [-0.05, 0) is 0 Å². The molecule has 3 heteroatoms. The lowest BCUT2D eigenvalue weighted by Crippen LogP contribution is -1.99. The Labute approximate surface area is 47.1 Å². The van der Waals surface area contributed by atoms with Gasteiger partial charge >= 0.3 is 5.97 Å². The fourth-order valence-electron chi connectivity index (χ4n) is 0.227. The third kappa shape index (κ3) is 1.47. The van der Waals surface area contributed by atoms with Crippen molar-refractivity contribution < 1.29 is 9.90 Å². The van der Waals surface area contributed by atoms with Gasteiger partial charge in [-0.1, -0.05) is 12.7 Å². The first-order chi connectivity index (χ1) is 3.72. The molecule has 0 saturated carbocycles. The Bertz CT molecular complexity index is 137. The van der Waals surface area contributed by atoms with Crippen LogP contribution >= 0.6 is 0 Å². The smallest absolute Gasteiger partial charge is 0.337 e. The van der Waals surface area contributed by atoms with Crippen molar-refractivity contribution in [2.75, 3.05) is 0 Å². The summed E-state index contributed by atoms with van der Waals surface area (Å²) >= 11 is 0. The van der Waals surface area contributed by atoms with Crippen molar-refractivity contribution >= 4 is 5.97 Å². The molecule has 3 N–H and O–H groups in total. The fraction of sp³-hybridized carbons (Fsp3) is 0. The Morgan fingerprint density at radius 2 is 2.25 bits per heavy atom. The Hall–Kier alpha value is -1.25. The molecule has 0 heterocycles. The first-order valence-corrected chi connectivity index (χ1v) is 2.00. The average molecular weight is 113 g/mol. The number of nitrogens with two attached hydrogens (primary N) is 1. The van der Waals surface area contributed by atoms with E-state index in [-0.39, 0.29) is 5.57 Å². The van der Waals surface area contributed by atoms with Crippen LogP contribution in [0.4, 0.5) is 0 Å². The van der Waals surface area contributed by atoms with Crippen molar-refractivity contribution in [3.63, 3.8) is 0 Å². The van der Waals surface area contributed by atoms with Gasteiger partial charge in [0, 0.05) is 6.20 Å². The van der Waals surface area contributed by atoms with Crippen LogP contribution in [0.15, 0.2) is 24.4 Å². The van der Waals surface area contributed by atoms with E-state index < -0.39 is 5.97 Å². The first-order valence-electron chi connectivity index (χ1n) is 2.00. The maximum Gasteiger partial charge on any atom is 0.337 e. The van der Waals surface area contributed by atoms with Crippen LogP contribution in [0.25, 0.3) is 0 Å². The second kappa shape index (κ2) is 2.85. The Morgan fingerprint density at radius 3 is 2.25 bits per heavy atom. The van der Waals surface area contributed by atoms with Crippen molar-refractivity contribution in [1.82, 2.24) is 0 Å². The summed E-state index contributed by atoms with van der Waals surface area (Å²) < 4.78 is 0. The number of carboxylic acids is 1. The third-order valence-electron chi connectivity index (χ3n) is 0.646. The minimum Gasteiger partial charge on any atom is -0.478 e. The van der Waals surface area contributed by atoms with Gasteiger partial charge in [-0.3, -0.25) is 0 Å². The normalized spacial score (nSPS) is 10.8. The molecule has 0 radical (unpaired) electrons. The molecule has 44 valence electrons. The number of carbonyl (C=O) groups is 1. The van der Waals surface area contributed by atoms with Crippen molar-refractivity contribution in [3.8, 4) is 0 Å². The number of hydrogen-bond donors (Lipinski definition) is 2. The third-order valence-corrected chi connectivity index (χ3v) is 0.646. The van der Waals surface area contributed by atoms with Crippen LogP contribution in [-0.4, -0.2) is 11.1 Å². The standard InChI is InChI=1S/C5H7NO2/c1-2-4(3-6)5(7)8/h2-3H,1,6H2,(H,7,8)/b4-3+. The first kappa shape index (κ1) is 6.75. The molecule has 0 aliphatic heterocycles. The molecule has 0 rings (SSSR count). The second-order valence-electron chi connectivity index (χ2n) is 1.13. The van der Waals surface area contributed by atoms with E-state index in [0.717, 1.165) is 6.20 Å². The Morgan fingerprint density at radius 1 is 1.75 bits per heavy atom. The molecular formula is C5H7NO2. The maximum absolute atomic E-state index is 9.94. The lowest BCUT2D eigenvalue weighted by atomic mass is 10.3. The molecule has 0 aliphatic rings. The zero-order valence-electron chi connectivity index (χ0n) is 4.29. The molecule has 0 aromatic rings. The van der Waals surface area contributed by atoms with E-state index in [9.17, 15) is 4.79 Å². The van der Waals surface area contributed by atoms with Gasteiger partial charge < -0.3 is 10.8 Å².